The lowest BCUT2D eigenvalue weighted by Crippen LogP contribution is -2.33. The Bertz CT molecular complexity index is 364. The molecule has 0 spiro atoms. The summed E-state index contributed by atoms with van der Waals surface area (Å²) in [5.41, 5.74) is 0. The molecule has 1 rings (SSSR count). The predicted octanol–water partition coefficient (Wildman–Crippen LogP) is 2.47. The molecule has 0 saturated carbocycles. The van der Waals surface area contributed by atoms with Crippen LogP contribution in [0.15, 0.2) is 9.47 Å². The minimum atomic E-state index is -0.873. The van der Waals surface area contributed by atoms with Crippen LogP contribution < -0.4 is 0 Å². The SMILES string of the molecule is CC(=O)OC1O[C@H](C=C(Br)Br)[C@@H](C)[C@H]1OC(C)=O. The molecule has 0 aromatic heterocycles. The Hall–Kier alpha value is -0.400. The largest absolute Gasteiger partial charge is 0.455 e. The van der Waals surface area contributed by atoms with Gasteiger partial charge in [-0.3, -0.25) is 9.59 Å². The number of esters is 2. The lowest BCUT2D eigenvalue weighted by molar-refractivity contribution is -0.192. The van der Waals surface area contributed by atoms with E-state index in [1.54, 1.807) is 6.08 Å². The van der Waals surface area contributed by atoms with Crippen LogP contribution in [0.25, 0.3) is 0 Å². The van der Waals surface area contributed by atoms with Gasteiger partial charge in [-0.25, -0.2) is 0 Å². The fourth-order valence-electron chi connectivity index (χ4n) is 1.72. The third kappa shape index (κ3) is 4.37. The molecule has 18 heavy (non-hydrogen) atoms. The summed E-state index contributed by atoms with van der Waals surface area (Å²) in [4.78, 5) is 22.0. The van der Waals surface area contributed by atoms with E-state index in [0.717, 1.165) is 3.39 Å². The summed E-state index contributed by atoms with van der Waals surface area (Å²) in [6, 6.07) is 0. The number of rotatable bonds is 3. The van der Waals surface area contributed by atoms with Crippen molar-refractivity contribution < 1.29 is 23.8 Å². The van der Waals surface area contributed by atoms with Gasteiger partial charge in [0.1, 0.15) is 0 Å². The van der Waals surface area contributed by atoms with Crippen LogP contribution in [0.5, 0.6) is 0 Å². The molecule has 0 amide bonds. The topological polar surface area (TPSA) is 61.8 Å². The van der Waals surface area contributed by atoms with E-state index in [0.29, 0.717) is 0 Å². The van der Waals surface area contributed by atoms with Crippen LogP contribution in [0, 0.1) is 5.92 Å². The van der Waals surface area contributed by atoms with Crippen LogP contribution >= 0.6 is 31.9 Å². The van der Waals surface area contributed by atoms with Crippen molar-refractivity contribution in [2.24, 2.45) is 5.92 Å². The highest BCUT2D eigenvalue weighted by Gasteiger charge is 2.45. The first-order valence-electron chi connectivity index (χ1n) is 5.34. The standard InChI is InChI=1S/C11H14Br2O5/c1-5-8(4-9(12)13)18-11(17-7(3)15)10(5)16-6(2)14/h4-5,8,10-11H,1-3H3/t5-,8-,10-,11?/m1/s1. The van der Waals surface area contributed by atoms with Crippen molar-refractivity contribution in [2.45, 2.75) is 39.3 Å². The Balaban J connectivity index is 2.84. The number of ether oxygens (including phenoxy) is 3. The van der Waals surface area contributed by atoms with Crippen molar-refractivity contribution in [3.63, 3.8) is 0 Å². The molecule has 1 saturated heterocycles. The second-order valence-electron chi connectivity index (χ2n) is 3.97. The van der Waals surface area contributed by atoms with E-state index in [2.05, 4.69) is 31.9 Å². The molecular weight excluding hydrogens is 372 g/mol. The van der Waals surface area contributed by atoms with Gasteiger partial charge in [-0.15, -0.1) is 0 Å². The minimum absolute atomic E-state index is 0.122. The first-order valence-corrected chi connectivity index (χ1v) is 6.92. The van der Waals surface area contributed by atoms with Gasteiger partial charge in [0.15, 0.2) is 6.10 Å². The van der Waals surface area contributed by atoms with Crippen LogP contribution in [-0.4, -0.2) is 30.4 Å². The predicted molar refractivity (Wildman–Crippen MR) is 71.1 cm³/mol. The first-order chi connectivity index (χ1) is 8.31. The molecule has 102 valence electrons. The zero-order chi connectivity index (χ0) is 13.9. The molecule has 1 fully saturated rings. The van der Waals surface area contributed by atoms with Gasteiger partial charge in [0, 0.05) is 19.8 Å². The lowest BCUT2D eigenvalue weighted by Gasteiger charge is -2.19. The Labute approximate surface area is 122 Å². The molecule has 0 aliphatic carbocycles. The number of carbonyl (C=O) groups excluding carboxylic acids is 2. The average Bonchev–Trinajstić information content (AvgIpc) is 2.44. The van der Waals surface area contributed by atoms with Crippen LogP contribution in [0.1, 0.15) is 20.8 Å². The van der Waals surface area contributed by atoms with Crippen molar-refractivity contribution in [1.29, 1.82) is 0 Å². The molecule has 1 unspecified atom stereocenters. The highest BCUT2D eigenvalue weighted by atomic mass is 79.9. The van der Waals surface area contributed by atoms with Gasteiger partial charge in [0.2, 0.25) is 6.29 Å². The normalized spacial score (nSPS) is 30.7. The monoisotopic (exact) mass is 384 g/mol. The summed E-state index contributed by atoms with van der Waals surface area (Å²) in [6.07, 6.45) is -0.0218. The molecule has 0 radical (unpaired) electrons. The van der Waals surface area contributed by atoms with Gasteiger partial charge in [0.25, 0.3) is 0 Å². The van der Waals surface area contributed by atoms with E-state index in [4.69, 9.17) is 14.2 Å². The molecule has 0 N–H and O–H groups in total. The van der Waals surface area contributed by atoms with E-state index in [-0.39, 0.29) is 12.0 Å². The zero-order valence-corrected chi connectivity index (χ0v) is 13.4. The molecular formula is C11H14Br2O5. The second-order valence-corrected chi connectivity index (χ2v) is 6.74. The molecule has 1 aliphatic heterocycles. The van der Waals surface area contributed by atoms with Gasteiger partial charge >= 0.3 is 11.9 Å². The van der Waals surface area contributed by atoms with E-state index in [1.807, 2.05) is 6.92 Å². The summed E-state index contributed by atoms with van der Waals surface area (Å²) in [7, 11) is 0. The maximum absolute atomic E-state index is 11.1. The molecule has 1 aliphatic rings. The van der Waals surface area contributed by atoms with Crippen molar-refractivity contribution in [3.8, 4) is 0 Å². The maximum atomic E-state index is 11.1. The quantitative estimate of drug-likeness (QED) is 0.698. The Kier molecular flexibility index (Phi) is 5.81. The van der Waals surface area contributed by atoms with Crippen LogP contribution in [0.3, 0.4) is 0 Å². The summed E-state index contributed by atoms with van der Waals surface area (Å²) < 4.78 is 16.4. The van der Waals surface area contributed by atoms with Gasteiger partial charge in [-0.05, 0) is 37.9 Å². The second kappa shape index (κ2) is 6.68. The molecule has 1 heterocycles. The van der Waals surface area contributed by atoms with Gasteiger partial charge in [0.05, 0.1) is 9.50 Å². The number of carbonyl (C=O) groups is 2. The zero-order valence-electron chi connectivity index (χ0n) is 10.2. The lowest BCUT2D eigenvalue weighted by atomic mass is 10.0. The Morgan fingerprint density at radius 2 is 1.72 bits per heavy atom. The fraction of sp³-hybridized carbons (Fsp3) is 0.636. The smallest absolute Gasteiger partial charge is 0.305 e. The Morgan fingerprint density at radius 1 is 1.17 bits per heavy atom. The van der Waals surface area contributed by atoms with Crippen molar-refractivity contribution in [2.75, 3.05) is 0 Å². The summed E-state index contributed by atoms with van der Waals surface area (Å²) in [5.74, 6) is -1.04. The summed E-state index contributed by atoms with van der Waals surface area (Å²) in [5, 5.41) is 0. The van der Waals surface area contributed by atoms with Crippen molar-refractivity contribution in [1.82, 2.24) is 0 Å². The third-order valence-corrected chi connectivity index (χ3v) is 3.00. The molecule has 5 nitrogen and oxygen atoms in total. The highest BCUT2D eigenvalue weighted by molar-refractivity contribution is 9.28. The number of hydrogen-bond acceptors (Lipinski definition) is 5. The molecule has 4 atom stereocenters. The first kappa shape index (κ1) is 15.7. The molecule has 0 bridgehead atoms. The van der Waals surface area contributed by atoms with E-state index in [1.165, 1.54) is 13.8 Å². The molecule has 7 heteroatoms. The van der Waals surface area contributed by atoms with Gasteiger partial charge in [-0.1, -0.05) is 6.92 Å². The number of halogens is 2. The minimum Gasteiger partial charge on any atom is -0.455 e. The summed E-state index contributed by atoms with van der Waals surface area (Å²) >= 11 is 6.47. The number of hydrogen-bond donors (Lipinski definition) is 0. The van der Waals surface area contributed by atoms with Crippen molar-refractivity contribution in [3.05, 3.63) is 9.47 Å². The summed E-state index contributed by atoms with van der Waals surface area (Å²) in [6.45, 7) is 4.45. The average molecular weight is 386 g/mol. The molecule has 0 aromatic rings. The Morgan fingerprint density at radius 3 is 2.17 bits per heavy atom. The maximum Gasteiger partial charge on any atom is 0.305 e. The fourth-order valence-corrected chi connectivity index (χ4v) is 2.24. The van der Waals surface area contributed by atoms with Crippen LogP contribution in [0.2, 0.25) is 0 Å². The van der Waals surface area contributed by atoms with Crippen LogP contribution in [0.4, 0.5) is 0 Å². The highest BCUT2D eigenvalue weighted by Crippen LogP contribution is 2.33. The van der Waals surface area contributed by atoms with Crippen LogP contribution in [-0.2, 0) is 23.8 Å². The van der Waals surface area contributed by atoms with Crippen molar-refractivity contribution >= 4 is 43.8 Å². The van der Waals surface area contributed by atoms with E-state index < -0.39 is 24.3 Å². The van der Waals surface area contributed by atoms with Gasteiger partial charge in [-0.2, -0.15) is 0 Å². The van der Waals surface area contributed by atoms with E-state index in [9.17, 15) is 9.59 Å². The third-order valence-electron chi connectivity index (χ3n) is 2.47. The van der Waals surface area contributed by atoms with E-state index >= 15 is 0 Å². The molecule has 0 aromatic carbocycles. The van der Waals surface area contributed by atoms with Gasteiger partial charge < -0.3 is 14.2 Å².